The van der Waals surface area contributed by atoms with Gasteiger partial charge in [0.05, 0.1) is 0 Å². The van der Waals surface area contributed by atoms with Crippen LogP contribution in [0.3, 0.4) is 0 Å². The van der Waals surface area contributed by atoms with Gasteiger partial charge in [0.2, 0.25) is 6.79 Å². The van der Waals surface area contributed by atoms with E-state index in [1.54, 1.807) is 24.3 Å². The van der Waals surface area contributed by atoms with Crippen LogP contribution < -0.4 is 14.8 Å². The summed E-state index contributed by atoms with van der Waals surface area (Å²) >= 11 is 0. The van der Waals surface area contributed by atoms with E-state index in [2.05, 4.69) is 5.32 Å². The Morgan fingerprint density at radius 2 is 1.93 bits per heavy atom. The number of fused-ring (bicyclic) bond motifs is 1. The van der Waals surface area contributed by atoms with Gasteiger partial charge in [-0.1, -0.05) is 43.3 Å². The van der Waals surface area contributed by atoms with Crippen LogP contribution in [0.4, 0.5) is 0 Å². The van der Waals surface area contributed by atoms with Crippen molar-refractivity contribution < 1.29 is 23.8 Å². The van der Waals surface area contributed by atoms with Crippen LogP contribution >= 0.6 is 0 Å². The molecule has 3 rings (SSSR count). The third-order valence-corrected chi connectivity index (χ3v) is 4.13. The zero-order valence-corrected chi connectivity index (χ0v) is 15.0. The Balaban J connectivity index is 1.40. The fourth-order valence-corrected chi connectivity index (χ4v) is 2.58. The summed E-state index contributed by atoms with van der Waals surface area (Å²) in [6.07, 6.45) is 2.87. The number of rotatable bonds is 7. The third-order valence-electron chi connectivity index (χ3n) is 4.13. The highest BCUT2D eigenvalue weighted by atomic mass is 16.7. The van der Waals surface area contributed by atoms with E-state index in [-0.39, 0.29) is 25.2 Å². The van der Waals surface area contributed by atoms with Gasteiger partial charge in [0.25, 0.3) is 5.91 Å². The molecule has 2 aromatic rings. The number of nitrogens with one attached hydrogen (secondary N) is 1. The number of carbonyl (C=O) groups is 2. The van der Waals surface area contributed by atoms with Gasteiger partial charge in [-0.15, -0.1) is 0 Å². The minimum atomic E-state index is -0.584. The molecule has 1 aliphatic heterocycles. The number of hydrogen-bond donors (Lipinski definition) is 1. The molecule has 0 saturated carbocycles. The lowest BCUT2D eigenvalue weighted by molar-refractivity contribution is -0.143. The number of hydrogen-bond acceptors (Lipinski definition) is 5. The maximum atomic E-state index is 11.8. The van der Waals surface area contributed by atoms with E-state index in [9.17, 15) is 9.59 Å². The third kappa shape index (κ3) is 5.34. The van der Waals surface area contributed by atoms with E-state index in [1.807, 2.05) is 37.3 Å². The summed E-state index contributed by atoms with van der Waals surface area (Å²) in [6.45, 7) is 2.39. The molecule has 1 heterocycles. The van der Waals surface area contributed by atoms with Crippen LogP contribution in [0, 0.1) is 0 Å². The minimum Gasteiger partial charge on any atom is -0.454 e. The van der Waals surface area contributed by atoms with Crippen LogP contribution in [0.2, 0.25) is 0 Å². The summed E-state index contributed by atoms with van der Waals surface area (Å²) in [5.41, 5.74) is 1.92. The lowest BCUT2D eigenvalue weighted by Crippen LogP contribution is -2.31. The molecule has 0 bridgehead atoms. The predicted octanol–water partition coefficient (Wildman–Crippen LogP) is 2.89. The molecule has 1 atom stereocenters. The van der Waals surface area contributed by atoms with Gasteiger partial charge < -0.3 is 19.5 Å². The zero-order chi connectivity index (χ0) is 19.1. The zero-order valence-electron chi connectivity index (χ0n) is 15.0. The Morgan fingerprint density at radius 3 is 2.74 bits per heavy atom. The van der Waals surface area contributed by atoms with Gasteiger partial charge in [0, 0.05) is 12.6 Å². The molecule has 6 nitrogen and oxygen atoms in total. The van der Waals surface area contributed by atoms with Crippen LogP contribution in [0.25, 0.3) is 6.08 Å². The molecular weight excluding hydrogens is 346 g/mol. The Kier molecular flexibility index (Phi) is 6.10. The highest BCUT2D eigenvalue weighted by Gasteiger charge is 2.12. The Labute approximate surface area is 157 Å². The normalized spacial score (nSPS) is 13.4. The second-order valence-corrected chi connectivity index (χ2v) is 6.17. The molecule has 0 aliphatic carbocycles. The quantitative estimate of drug-likeness (QED) is 0.602. The number of esters is 1. The van der Waals surface area contributed by atoms with Crippen molar-refractivity contribution in [2.75, 3.05) is 19.9 Å². The van der Waals surface area contributed by atoms with E-state index >= 15 is 0 Å². The van der Waals surface area contributed by atoms with Crippen molar-refractivity contribution in [3.05, 3.63) is 65.7 Å². The molecule has 0 saturated heterocycles. The van der Waals surface area contributed by atoms with Gasteiger partial charge >= 0.3 is 5.97 Å². The average Bonchev–Trinajstić information content (AvgIpc) is 3.17. The van der Waals surface area contributed by atoms with Crippen molar-refractivity contribution in [1.29, 1.82) is 0 Å². The van der Waals surface area contributed by atoms with E-state index in [0.717, 1.165) is 11.1 Å². The second kappa shape index (κ2) is 8.89. The summed E-state index contributed by atoms with van der Waals surface area (Å²) in [7, 11) is 0. The summed E-state index contributed by atoms with van der Waals surface area (Å²) in [6, 6.07) is 15.2. The molecule has 0 radical (unpaired) electrons. The highest BCUT2D eigenvalue weighted by Crippen LogP contribution is 2.32. The number of ether oxygens (including phenoxy) is 3. The average molecular weight is 367 g/mol. The van der Waals surface area contributed by atoms with Gasteiger partial charge in [-0.2, -0.15) is 0 Å². The molecule has 0 spiro atoms. The van der Waals surface area contributed by atoms with Crippen molar-refractivity contribution in [2.24, 2.45) is 0 Å². The second-order valence-electron chi connectivity index (χ2n) is 6.17. The van der Waals surface area contributed by atoms with Crippen molar-refractivity contribution in [3.8, 4) is 11.5 Å². The summed E-state index contributed by atoms with van der Waals surface area (Å²) in [5.74, 6) is 0.576. The van der Waals surface area contributed by atoms with E-state index in [0.29, 0.717) is 18.0 Å². The largest absolute Gasteiger partial charge is 0.454 e. The predicted molar refractivity (Wildman–Crippen MR) is 100 cm³/mol. The van der Waals surface area contributed by atoms with Crippen LogP contribution in [-0.2, 0) is 14.3 Å². The first-order valence-corrected chi connectivity index (χ1v) is 8.68. The van der Waals surface area contributed by atoms with E-state index < -0.39 is 5.97 Å². The minimum absolute atomic E-state index is 0.178. The van der Waals surface area contributed by atoms with Crippen LogP contribution in [-0.4, -0.2) is 31.8 Å². The summed E-state index contributed by atoms with van der Waals surface area (Å²) < 4.78 is 15.5. The first-order chi connectivity index (χ1) is 13.1. The van der Waals surface area contributed by atoms with Gasteiger partial charge in [0.15, 0.2) is 18.1 Å². The maximum Gasteiger partial charge on any atom is 0.331 e. The van der Waals surface area contributed by atoms with E-state index in [1.165, 1.54) is 6.08 Å². The topological polar surface area (TPSA) is 73.9 Å². The van der Waals surface area contributed by atoms with Gasteiger partial charge in [-0.05, 0) is 35.3 Å². The molecule has 1 N–H and O–H groups in total. The van der Waals surface area contributed by atoms with Crippen LogP contribution in [0.15, 0.2) is 54.6 Å². The maximum absolute atomic E-state index is 11.8. The number of amides is 1. The lowest BCUT2D eigenvalue weighted by atomic mass is 10.0. The van der Waals surface area contributed by atoms with Crippen LogP contribution in [0.1, 0.15) is 24.0 Å². The number of carbonyl (C=O) groups excluding carboxylic acids is 2. The van der Waals surface area contributed by atoms with Crippen molar-refractivity contribution in [3.63, 3.8) is 0 Å². The fourth-order valence-electron chi connectivity index (χ4n) is 2.58. The molecular formula is C21H21NO5. The highest BCUT2D eigenvalue weighted by molar-refractivity contribution is 5.89. The summed E-state index contributed by atoms with van der Waals surface area (Å²) in [5, 5.41) is 2.77. The fraction of sp³-hybridized carbons (Fsp3) is 0.238. The molecule has 1 amide bonds. The smallest absolute Gasteiger partial charge is 0.331 e. The van der Waals surface area contributed by atoms with E-state index in [4.69, 9.17) is 14.2 Å². The molecule has 0 fully saturated rings. The lowest BCUT2D eigenvalue weighted by Gasteiger charge is -2.12. The first-order valence-electron chi connectivity index (χ1n) is 8.68. The molecule has 0 unspecified atom stereocenters. The van der Waals surface area contributed by atoms with Crippen LogP contribution in [0.5, 0.6) is 11.5 Å². The SMILES string of the molecule is C[C@H](CNC(=O)COC(=O)/C=C/c1ccc2c(c1)OCO2)c1ccccc1. The first kappa shape index (κ1) is 18.5. The van der Waals surface area contributed by atoms with Gasteiger partial charge in [-0.25, -0.2) is 4.79 Å². The monoisotopic (exact) mass is 367 g/mol. The van der Waals surface area contributed by atoms with Gasteiger partial charge in [-0.3, -0.25) is 4.79 Å². The Morgan fingerprint density at radius 1 is 1.15 bits per heavy atom. The molecule has 27 heavy (non-hydrogen) atoms. The molecule has 1 aliphatic rings. The van der Waals surface area contributed by atoms with Crippen molar-refractivity contribution in [1.82, 2.24) is 5.32 Å². The Hall–Kier alpha value is -3.28. The van der Waals surface area contributed by atoms with Gasteiger partial charge in [0.1, 0.15) is 0 Å². The molecule has 0 aromatic heterocycles. The Bertz CT molecular complexity index is 832. The molecule has 140 valence electrons. The number of benzene rings is 2. The molecule has 2 aromatic carbocycles. The summed E-state index contributed by atoms with van der Waals surface area (Å²) in [4.78, 5) is 23.6. The molecule has 6 heteroatoms. The van der Waals surface area contributed by atoms with Crippen molar-refractivity contribution in [2.45, 2.75) is 12.8 Å². The standard InChI is InChI=1S/C21H21NO5/c1-15(17-5-3-2-4-6-17)12-22-20(23)13-25-21(24)10-8-16-7-9-18-19(11-16)27-14-26-18/h2-11,15H,12-14H2,1H3,(H,22,23)/b10-8+/t15-/m1/s1. The van der Waals surface area contributed by atoms with Crippen molar-refractivity contribution >= 4 is 18.0 Å².